The van der Waals surface area contributed by atoms with Gasteiger partial charge in [0.1, 0.15) is 11.5 Å². The number of oxazole rings is 1. The number of amides is 1. The smallest absolute Gasteiger partial charge is 0.256 e. The first-order chi connectivity index (χ1) is 14.9. The van der Waals surface area contributed by atoms with Crippen molar-refractivity contribution in [2.24, 2.45) is 0 Å². The quantitative estimate of drug-likeness (QED) is 0.598. The maximum atomic E-state index is 12.6. The van der Waals surface area contributed by atoms with Crippen molar-refractivity contribution in [3.63, 3.8) is 0 Å². The van der Waals surface area contributed by atoms with E-state index in [1.807, 2.05) is 24.3 Å². The van der Waals surface area contributed by atoms with Gasteiger partial charge in [-0.3, -0.25) is 4.79 Å². The summed E-state index contributed by atoms with van der Waals surface area (Å²) in [7, 11) is -3.01. The normalized spacial score (nSPS) is 19.5. The van der Waals surface area contributed by atoms with Crippen molar-refractivity contribution in [2.75, 3.05) is 24.6 Å². The van der Waals surface area contributed by atoms with Crippen molar-refractivity contribution in [2.45, 2.75) is 55.4 Å². The third-order valence-electron chi connectivity index (χ3n) is 5.88. The Bertz CT molecular complexity index is 1000. The molecule has 2 aliphatic rings. The summed E-state index contributed by atoms with van der Waals surface area (Å²) in [6.45, 7) is 0.536. The number of rotatable bonds is 6. The van der Waals surface area contributed by atoms with Gasteiger partial charge in [-0.2, -0.15) is 0 Å². The van der Waals surface area contributed by atoms with E-state index in [-0.39, 0.29) is 36.9 Å². The Morgan fingerprint density at radius 2 is 1.81 bits per heavy atom. The van der Waals surface area contributed by atoms with E-state index in [4.69, 9.17) is 21.0 Å². The van der Waals surface area contributed by atoms with Crippen LogP contribution in [0.1, 0.15) is 44.3 Å². The number of nitrogens with zero attached hydrogens (tertiary/aromatic N) is 2. The van der Waals surface area contributed by atoms with Crippen LogP contribution in [-0.2, 0) is 21.1 Å². The summed E-state index contributed by atoms with van der Waals surface area (Å²) in [5.41, 5.74) is 1.67. The fourth-order valence-corrected chi connectivity index (χ4v) is 6.52. The van der Waals surface area contributed by atoms with Crippen LogP contribution in [0.4, 0.5) is 0 Å². The number of hydrogen-bond donors (Lipinski definition) is 0. The molecule has 0 bridgehead atoms. The third kappa shape index (κ3) is 6.05. The molecule has 0 spiro atoms. The van der Waals surface area contributed by atoms with Crippen molar-refractivity contribution in [3.05, 3.63) is 35.0 Å². The molecule has 1 amide bonds. The Morgan fingerprint density at radius 3 is 2.48 bits per heavy atom. The fourth-order valence-electron chi connectivity index (χ4n) is 4.05. The summed E-state index contributed by atoms with van der Waals surface area (Å²) in [5.74, 6) is 0.729. The molecule has 1 aliphatic heterocycles. The Kier molecular flexibility index (Phi) is 7.29. The Morgan fingerprint density at radius 1 is 1.13 bits per heavy atom. The monoisotopic (exact) mass is 482 g/mol. The van der Waals surface area contributed by atoms with Gasteiger partial charge in [-0.1, -0.05) is 54.8 Å². The second kappa shape index (κ2) is 9.96. The molecule has 0 N–H and O–H groups in total. The van der Waals surface area contributed by atoms with Crippen LogP contribution < -0.4 is 0 Å². The molecule has 0 atom stereocenters. The summed E-state index contributed by atoms with van der Waals surface area (Å²) >= 11 is 7.73. The zero-order valence-electron chi connectivity index (χ0n) is 17.4. The summed E-state index contributed by atoms with van der Waals surface area (Å²) < 4.78 is 29.4. The van der Waals surface area contributed by atoms with Gasteiger partial charge in [0.2, 0.25) is 5.91 Å². The Labute approximate surface area is 192 Å². The predicted molar refractivity (Wildman–Crippen MR) is 123 cm³/mol. The van der Waals surface area contributed by atoms with Crippen LogP contribution in [0.3, 0.4) is 0 Å². The Hall–Kier alpha value is -1.51. The molecule has 2 heterocycles. The van der Waals surface area contributed by atoms with Crippen LogP contribution in [0, 0.1) is 0 Å². The molecular weight excluding hydrogens is 456 g/mol. The van der Waals surface area contributed by atoms with E-state index >= 15 is 0 Å². The zero-order chi connectivity index (χ0) is 21.8. The first-order valence-electron chi connectivity index (χ1n) is 10.8. The molecule has 31 heavy (non-hydrogen) atoms. The van der Waals surface area contributed by atoms with Crippen LogP contribution in [-0.4, -0.2) is 54.1 Å². The van der Waals surface area contributed by atoms with Crippen molar-refractivity contribution < 1.29 is 17.6 Å². The van der Waals surface area contributed by atoms with Crippen LogP contribution >= 0.6 is 23.4 Å². The van der Waals surface area contributed by atoms with Gasteiger partial charge in [0.15, 0.2) is 9.84 Å². The maximum Gasteiger partial charge on any atom is 0.256 e. The van der Waals surface area contributed by atoms with Gasteiger partial charge in [-0.15, -0.1) is 0 Å². The van der Waals surface area contributed by atoms with Gasteiger partial charge in [-0.25, -0.2) is 13.4 Å². The standard InChI is InChI=1S/C22H27ClN2O4S2/c23-17-8-6-16(7-9-17)21-19(29-22(24-21)30-18-4-2-1-3-5-18)10-11-20(26)25-12-14-31(27,28)15-13-25/h6-9,18H,1-5,10-15H2. The van der Waals surface area contributed by atoms with E-state index in [0.717, 1.165) is 11.3 Å². The molecule has 4 rings (SSSR count). The van der Waals surface area contributed by atoms with E-state index in [1.165, 1.54) is 32.1 Å². The van der Waals surface area contributed by atoms with E-state index in [2.05, 4.69) is 0 Å². The minimum Gasteiger partial charge on any atom is -0.436 e. The summed E-state index contributed by atoms with van der Waals surface area (Å²) in [6, 6.07) is 7.47. The second-order valence-corrected chi connectivity index (χ2v) is 12.2. The summed E-state index contributed by atoms with van der Waals surface area (Å²) in [4.78, 5) is 19.0. The Balaban J connectivity index is 1.47. The SMILES string of the molecule is O=C(CCc1oc(SC2CCCCC2)nc1-c1ccc(Cl)cc1)N1CCS(=O)(=O)CC1. The topological polar surface area (TPSA) is 80.5 Å². The van der Waals surface area contributed by atoms with Crippen LogP contribution in [0.2, 0.25) is 5.02 Å². The lowest BCUT2D eigenvalue weighted by atomic mass is 10.0. The number of carbonyl (C=O) groups excluding carboxylic acids is 1. The highest BCUT2D eigenvalue weighted by Gasteiger charge is 2.26. The van der Waals surface area contributed by atoms with E-state index in [0.29, 0.717) is 27.7 Å². The van der Waals surface area contributed by atoms with Crippen molar-refractivity contribution in [1.82, 2.24) is 9.88 Å². The highest BCUT2D eigenvalue weighted by molar-refractivity contribution is 7.99. The average molecular weight is 483 g/mol. The number of thioether (sulfide) groups is 1. The minimum atomic E-state index is -3.01. The van der Waals surface area contributed by atoms with Crippen molar-refractivity contribution >= 4 is 39.1 Å². The average Bonchev–Trinajstić information content (AvgIpc) is 3.16. The molecule has 0 unspecified atom stereocenters. The summed E-state index contributed by atoms with van der Waals surface area (Å²) in [6.07, 6.45) is 6.83. The molecule has 1 aromatic carbocycles. The fraction of sp³-hybridized carbons (Fsp3) is 0.545. The van der Waals surface area contributed by atoms with Crippen molar-refractivity contribution in [1.29, 1.82) is 0 Å². The largest absolute Gasteiger partial charge is 0.436 e. The predicted octanol–water partition coefficient (Wildman–Crippen LogP) is 4.61. The van der Waals surface area contributed by atoms with Gasteiger partial charge in [-0.05, 0) is 25.0 Å². The van der Waals surface area contributed by atoms with Gasteiger partial charge in [0.25, 0.3) is 5.22 Å². The second-order valence-electron chi connectivity index (χ2n) is 8.17. The number of hydrogen-bond acceptors (Lipinski definition) is 6. The van der Waals surface area contributed by atoms with Crippen LogP contribution in [0.5, 0.6) is 0 Å². The molecule has 2 aromatic rings. The zero-order valence-corrected chi connectivity index (χ0v) is 19.8. The van der Waals surface area contributed by atoms with Crippen molar-refractivity contribution in [3.8, 4) is 11.3 Å². The molecule has 2 fully saturated rings. The molecule has 1 saturated heterocycles. The lowest BCUT2D eigenvalue weighted by Gasteiger charge is -2.26. The maximum absolute atomic E-state index is 12.6. The van der Waals surface area contributed by atoms with Crippen LogP contribution in [0.15, 0.2) is 33.9 Å². The molecule has 1 aromatic heterocycles. The first-order valence-corrected chi connectivity index (χ1v) is 13.9. The van der Waals surface area contributed by atoms with Crippen LogP contribution in [0.25, 0.3) is 11.3 Å². The number of sulfone groups is 1. The molecule has 9 heteroatoms. The number of carbonyl (C=O) groups is 1. The molecule has 1 saturated carbocycles. The highest BCUT2D eigenvalue weighted by atomic mass is 35.5. The third-order valence-corrected chi connectivity index (χ3v) is 8.92. The number of aromatic nitrogens is 1. The molecule has 1 aliphatic carbocycles. The number of aryl methyl sites for hydroxylation is 1. The van der Waals surface area contributed by atoms with Gasteiger partial charge < -0.3 is 9.32 Å². The van der Waals surface area contributed by atoms with E-state index < -0.39 is 9.84 Å². The molecule has 6 nitrogen and oxygen atoms in total. The van der Waals surface area contributed by atoms with Gasteiger partial charge in [0.05, 0.1) is 11.5 Å². The first kappa shape index (κ1) is 22.7. The minimum absolute atomic E-state index is 0.0409. The molecule has 168 valence electrons. The lowest BCUT2D eigenvalue weighted by molar-refractivity contribution is -0.130. The highest BCUT2D eigenvalue weighted by Crippen LogP contribution is 2.36. The number of halogens is 1. The van der Waals surface area contributed by atoms with E-state index in [1.54, 1.807) is 16.7 Å². The van der Waals surface area contributed by atoms with E-state index in [9.17, 15) is 13.2 Å². The number of benzene rings is 1. The lowest BCUT2D eigenvalue weighted by Crippen LogP contribution is -2.43. The van der Waals surface area contributed by atoms with Gasteiger partial charge in [0, 0.05) is 41.8 Å². The summed E-state index contributed by atoms with van der Waals surface area (Å²) in [5, 5.41) is 1.83. The molecule has 0 radical (unpaired) electrons. The molecular formula is C22H27ClN2O4S2. The van der Waals surface area contributed by atoms with Gasteiger partial charge >= 0.3 is 0 Å².